The smallest absolute Gasteiger partial charge is 0.311 e. The number of aliphatic hydroxyl groups excluding tert-OH is 3. The highest BCUT2D eigenvalue weighted by atomic mass is 16.7. The average molecular weight is 792 g/mol. The van der Waals surface area contributed by atoms with Crippen LogP contribution in [0.4, 0.5) is 0 Å². The topological polar surface area (TPSA) is 206 Å². The number of carbonyl (C=O) groups excluding carboxylic acids is 1. The fourth-order valence-corrected chi connectivity index (χ4v) is 9.19. The molecule has 3 saturated heterocycles. The maximum absolute atomic E-state index is 14.3. The highest BCUT2D eigenvalue weighted by Gasteiger charge is 2.52. The van der Waals surface area contributed by atoms with Crippen molar-refractivity contribution in [3.05, 3.63) is 0 Å². The van der Waals surface area contributed by atoms with Gasteiger partial charge in [-0.2, -0.15) is 0 Å². The summed E-state index contributed by atoms with van der Waals surface area (Å²) in [4.78, 5) is 18.3. The maximum atomic E-state index is 14.3. The zero-order chi connectivity index (χ0) is 41.8. The SMILES string of the molecule is CC[C@H]1OC(=O)[C@H](C)[C@@H](O[C@H]2C[C@@](C)(OC)[C@@H](O)[C@H](C)O2)C(C)[C@@H](O[C@@H]2O[C@H](C)C[C@H](N(C)C)[C@H]2O)[C@](C)(O)C[C@@H](C)CN(CCCN)[C@H](C)[C@@H](O)[C@]1(C)O. The molecule has 3 rings (SSSR count). The molecule has 0 bridgehead atoms. The van der Waals surface area contributed by atoms with Gasteiger partial charge in [-0.05, 0) is 107 Å². The standard InChI is InChI=1S/C40H77N3O12/c1-14-29-40(10,49)33(45)26(6)43(17-15-16-41)21-22(2)19-38(8,48)35(55-37-31(44)28(42(11)12)18-23(3)51-37)24(4)32(25(5)36(47)53-29)54-30-20-39(9,50-13)34(46)27(7)52-30/h22-35,37,44-46,48-49H,14-21,41H2,1-13H3/t22-,23-,24?,25-,26-,27+,28+,29-,30+,31-,32+,33-,34+,35-,37+,38-,39-,40-/m1/s1. The minimum Gasteiger partial charge on any atom is -0.459 e. The Balaban J connectivity index is 2.20. The van der Waals surface area contributed by atoms with Gasteiger partial charge in [0.15, 0.2) is 12.6 Å². The fourth-order valence-electron chi connectivity index (χ4n) is 9.19. The normalized spacial score (nSPS) is 47.6. The summed E-state index contributed by atoms with van der Waals surface area (Å²) in [7, 11) is 5.28. The van der Waals surface area contributed by atoms with Crippen LogP contribution in [0.2, 0.25) is 0 Å². The van der Waals surface area contributed by atoms with Gasteiger partial charge in [-0.15, -0.1) is 0 Å². The van der Waals surface area contributed by atoms with Gasteiger partial charge in [0.25, 0.3) is 0 Å². The molecule has 1 unspecified atom stereocenters. The third-order valence-electron chi connectivity index (χ3n) is 12.7. The first-order valence-electron chi connectivity index (χ1n) is 20.4. The maximum Gasteiger partial charge on any atom is 0.311 e. The Morgan fingerprint density at radius 3 is 2.16 bits per heavy atom. The van der Waals surface area contributed by atoms with Crippen LogP contribution in [-0.2, 0) is 33.2 Å². The van der Waals surface area contributed by atoms with E-state index in [9.17, 15) is 30.3 Å². The lowest BCUT2D eigenvalue weighted by atomic mass is 9.77. The Kier molecular flexibility index (Phi) is 17.4. The quantitative estimate of drug-likeness (QED) is 0.174. The second-order valence-corrected chi connectivity index (χ2v) is 17.9. The van der Waals surface area contributed by atoms with Crippen LogP contribution in [0, 0.1) is 17.8 Å². The highest BCUT2D eigenvalue weighted by Crippen LogP contribution is 2.40. The molecular formula is C40H77N3O12. The Morgan fingerprint density at radius 1 is 0.964 bits per heavy atom. The predicted octanol–water partition coefficient (Wildman–Crippen LogP) is 1.62. The van der Waals surface area contributed by atoms with E-state index in [2.05, 4.69) is 4.90 Å². The van der Waals surface area contributed by atoms with Crippen LogP contribution < -0.4 is 5.73 Å². The minimum atomic E-state index is -1.83. The van der Waals surface area contributed by atoms with Crippen LogP contribution >= 0.6 is 0 Å². The lowest BCUT2D eigenvalue weighted by Gasteiger charge is -2.48. The minimum absolute atomic E-state index is 0.125. The van der Waals surface area contributed by atoms with Crippen molar-refractivity contribution in [1.82, 2.24) is 9.80 Å². The van der Waals surface area contributed by atoms with E-state index in [1.165, 1.54) is 14.0 Å². The van der Waals surface area contributed by atoms with Gasteiger partial charge >= 0.3 is 5.97 Å². The number of nitrogens with two attached hydrogens (primary N) is 1. The molecule has 0 aromatic heterocycles. The van der Waals surface area contributed by atoms with Crippen LogP contribution in [0.5, 0.6) is 0 Å². The molecule has 18 atom stereocenters. The molecule has 0 aromatic carbocycles. The van der Waals surface area contributed by atoms with Crippen LogP contribution in [-0.4, -0.2) is 172 Å². The largest absolute Gasteiger partial charge is 0.459 e. The van der Waals surface area contributed by atoms with Gasteiger partial charge in [0, 0.05) is 38.1 Å². The molecule has 0 aromatic rings. The van der Waals surface area contributed by atoms with Crippen molar-refractivity contribution in [3.63, 3.8) is 0 Å². The molecule has 0 radical (unpaired) electrons. The summed E-state index contributed by atoms with van der Waals surface area (Å²) in [5, 5.41) is 58.9. The number of hydrogen-bond acceptors (Lipinski definition) is 15. The molecule has 324 valence electrons. The molecular weight excluding hydrogens is 714 g/mol. The van der Waals surface area contributed by atoms with E-state index in [1.54, 1.807) is 34.6 Å². The van der Waals surface area contributed by atoms with Gasteiger partial charge in [0.05, 0.1) is 41.5 Å². The Bertz CT molecular complexity index is 1200. The first kappa shape index (κ1) is 48.3. The van der Waals surface area contributed by atoms with Crippen molar-refractivity contribution < 1.29 is 58.7 Å². The number of carbonyl (C=O) groups is 1. The second-order valence-electron chi connectivity index (χ2n) is 17.9. The fraction of sp³-hybridized carbons (Fsp3) is 0.975. The Morgan fingerprint density at radius 2 is 1.60 bits per heavy atom. The molecule has 15 nitrogen and oxygen atoms in total. The summed E-state index contributed by atoms with van der Waals surface area (Å²) in [6, 6.07) is -0.855. The van der Waals surface area contributed by atoms with Gasteiger partial charge in [0.2, 0.25) is 0 Å². The number of methoxy groups -OCH3 is 1. The predicted molar refractivity (Wildman–Crippen MR) is 207 cm³/mol. The zero-order valence-electron chi connectivity index (χ0n) is 35.9. The van der Waals surface area contributed by atoms with Crippen LogP contribution in [0.15, 0.2) is 0 Å². The van der Waals surface area contributed by atoms with Crippen molar-refractivity contribution in [2.24, 2.45) is 23.5 Å². The van der Waals surface area contributed by atoms with E-state index in [0.717, 1.165) is 0 Å². The average Bonchev–Trinajstić information content (AvgIpc) is 3.11. The van der Waals surface area contributed by atoms with Crippen molar-refractivity contribution in [1.29, 1.82) is 0 Å². The monoisotopic (exact) mass is 792 g/mol. The van der Waals surface area contributed by atoms with Gasteiger partial charge in [-0.25, -0.2) is 0 Å². The van der Waals surface area contributed by atoms with Crippen LogP contribution in [0.1, 0.15) is 101 Å². The van der Waals surface area contributed by atoms with Crippen molar-refractivity contribution in [3.8, 4) is 0 Å². The van der Waals surface area contributed by atoms with E-state index in [-0.39, 0.29) is 37.3 Å². The van der Waals surface area contributed by atoms with E-state index < -0.39 is 96.0 Å². The molecule has 0 aliphatic carbocycles. The summed E-state index contributed by atoms with van der Waals surface area (Å²) in [5.74, 6) is -2.66. The molecule has 3 heterocycles. The number of rotatable bonds is 10. The molecule has 15 heteroatoms. The number of cyclic esters (lactones) is 1. The lowest BCUT2D eigenvalue weighted by molar-refractivity contribution is -0.318. The second kappa shape index (κ2) is 19.8. The first-order valence-corrected chi connectivity index (χ1v) is 20.4. The molecule has 0 spiro atoms. The van der Waals surface area contributed by atoms with Crippen molar-refractivity contribution in [2.75, 3.05) is 40.8 Å². The number of hydrogen-bond donors (Lipinski definition) is 6. The van der Waals surface area contributed by atoms with Crippen molar-refractivity contribution in [2.45, 2.75) is 192 Å². The molecule has 0 saturated carbocycles. The summed E-state index contributed by atoms with van der Waals surface area (Å²) in [6.45, 7) is 19.0. The number of esters is 1. The number of nitrogens with zero attached hydrogens (tertiary/aromatic N) is 2. The van der Waals surface area contributed by atoms with Crippen molar-refractivity contribution >= 4 is 5.97 Å². The van der Waals surface area contributed by atoms with Gasteiger partial charge < -0.3 is 64.6 Å². The number of ether oxygens (including phenoxy) is 6. The molecule has 7 N–H and O–H groups in total. The van der Waals surface area contributed by atoms with Gasteiger partial charge in [0.1, 0.15) is 30.0 Å². The molecule has 55 heavy (non-hydrogen) atoms. The van der Waals surface area contributed by atoms with Gasteiger partial charge in [-0.3, -0.25) is 9.69 Å². The van der Waals surface area contributed by atoms with E-state index >= 15 is 0 Å². The van der Waals surface area contributed by atoms with E-state index in [4.69, 9.17) is 34.2 Å². The van der Waals surface area contributed by atoms with Gasteiger partial charge in [-0.1, -0.05) is 20.8 Å². The lowest BCUT2D eigenvalue weighted by Crippen LogP contribution is -2.60. The Labute approximate surface area is 330 Å². The summed E-state index contributed by atoms with van der Waals surface area (Å²) < 4.78 is 37.7. The number of likely N-dealkylation sites (N-methyl/N-ethyl adjacent to an activating group) is 1. The van der Waals surface area contributed by atoms with Crippen LogP contribution in [0.3, 0.4) is 0 Å². The van der Waals surface area contributed by atoms with E-state index in [0.29, 0.717) is 32.5 Å². The number of aliphatic hydroxyl groups is 5. The molecule has 3 aliphatic heterocycles. The molecule has 0 amide bonds. The Hall–Kier alpha value is -1.05. The molecule has 3 fully saturated rings. The zero-order valence-corrected chi connectivity index (χ0v) is 35.9. The summed E-state index contributed by atoms with van der Waals surface area (Å²) in [6.07, 6.45) is -7.77. The van der Waals surface area contributed by atoms with Crippen LogP contribution in [0.25, 0.3) is 0 Å². The highest BCUT2D eigenvalue weighted by molar-refractivity contribution is 5.73. The molecule has 3 aliphatic rings. The van der Waals surface area contributed by atoms with E-state index in [1.807, 2.05) is 46.7 Å². The third-order valence-corrected chi connectivity index (χ3v) is 12.7. The summed E-state index contributed by atoms with van der Waals surface area (Å²) >= 11 is 0. The summed E-state index contributed by atoms with van der Waals surface area (Å²) in [5.41, 5.74) is 1.47. The third kappa shape index (κ3) is 11.4. The first-order chi connectivity index (χ1) is 25.4.